The summed E-state index contributed by atoms with van der Waals surface area (Å²) in [5.74, 6) is -0.211. The minimum atomic E-state index is -0.211. The number of nitrogens with zero attached hydrogens (tertiary/aromatic N) is 6. The fourth-order valence-corrected chi connectivity index (χ4v) is 3.48. The van der Waals surface area contributed by atoms with Crippen LogP contribution in [0.3, 0.4) is 0 Å². The lowest BCUT2D eigenvalue weighted by atomic mass is 10.1. The van der Waals surface area contributed by atoms with Crippen molar-refractivity contribution < 1.29 is 4.79 Å². The summed E-state index contributed by atoms with van der Waals surface area (Å²) in [6.07, 6.45) is 3.26. The number of anilines is 1. The molecule has 1 N–H and O–H groups in total. The molecule has 8 nitrogen and oxygen atoms in total. The van der Waals surface area contributed by atoms with Crippen LogP contribution in [0.4, 0.5) is 5.69 Å². The first-order valence-electron chi connectivity index (χ1n) is 10.0. The highest BCUT2D eigenvalue weighted by molar-refractivity contribution is 6.05. The van der Waals surface area contributed by atoms with Crippen LogP contribution in [0.1, 0.15) is 15.9 Å². The SMILES string of the molecule is Cc1ccc(-n2cnnn2)cc1NC(=O)c1cccc(-n2nccc2-c2ccccc2)c1. The van der Waals surface area contributed by atoms with Crippen molar-refractivity contribution in [3.05, 3.63) is 103 Å². The van der Waals surface area contributed by atoms with E-state index in [1.54, 1.807) is 16.9 Å². The van der Waals surface area contributed by atoms with Gasteiger partial charge in [-0.25, -0.2) is 9.36 Å². The van der Waals surface area contributed by atoms with E-state index in [1.165, 1.54) is 6.33 Å². The van der Waals surface area contributed by atoms with E-state index >= 15 is 0 Å². The van der Waals surface area contributed by atoms with Gasteiger partial charge in [-0.15, -0.1) is 5.10 Å². The molecule has 0 fully saturated rings. The van der Waals surface area contributed by atoms with Crippen molar-refractivity contribution in [2.45, 2.75) is 6.92 Å². The van der Waals surface area contributed by atoms with Crippen molar-refractivity contribution >= 4 is 11.6 Å². The van der Waals surface area contributed by atoms with Crippen molar-refractivity contribution in [2.24, 2.45) is 0 Å². The molecule has 8 heteroatoms. The molecule has 0 unspecified atom stereocenters. The van der Waals surface area contributed by atoms with Crippen molar-refractivity contribution in [1.82, 2.24) is 30.0 Å². The molecule has 5 rings (SSSR count). The molecule has 2 heterocycles. The van der Waals surface area contributed by atoms with Gasteiger partial charge in [0.2, 0.25) is 0 Å². The zero-order valence-electron chi connectivity index (χ0n) is 17.3. The average Bonchev–Trinajstić information content (AvgIpc) is 3.54. The smallest absolute Gasteiger partial charge is 0.255 e. The summed E-state index contributed by atoms with van der Waals surface area (Å²) in [5.41, 5.74) is 5.73. The standard InChI is InChI=1S/C24H19N7O/c1-17-10-11-20(30-16-25-28-29-30)15-22(17)27-24(32)19-8-5-9-21(14-19)31-23(12-13-26-31)18-6-3-2-4-7-18/h2-16H,1H3,(H,27,32). The predicted octanol–water partition coefficient (Wildman–Crippen LogP) is 4.08. The van der Waals surface area contributed by atoms with Crippen LogP contribution in [0.15, 0.2) is 91.4 Å². The van der Waals surface area contributed by atoms with Crippen LogP contribution in [0.2, 0.25) is 0 Å². The first-order valence-corrected chi connectivity index (χ1v) is 10.0. The van der Waals surface area contributed by atoms with Gasteiger partial charge in [-0.3, -0.25) is 4.79 Å². The Kier molecular flexibility index (Phi) is 5.01. The van der Waals surface area contributed by atoms with E-state index in [4.69, 9.17) is 0 Å². The van der Waals surface area contributed by atoms with Gasteiger partial charge >= 0.3 is 0 Å². The zero-order valence-corrected chi connectivity index (χ0v) is 17.3. The summed E-state index contributed by atoms with van der Waals surface area (Å²) in [5, 5.41) is 18.7. The van der Waals surface area contributed by atoms with Crippen LogP contribution in [0.25, 0.3) is 22.6 Å². The quantitative estimate of drug-likeness (QED) is 0.462. The number of carbonyl (C=O) groups excluding carboxylic acids is 1. The van der Waals surface area contributed by atoms with Gasteiger partial charge < -0.3 is 5.32 Å². The molecule has 0 atom stereocenters. The van der Waals surface area contributed by atoms with Gasteiger partial charge in [0.15, 0.2) is 0 Å². The second kappa shape index (κ2) is 8.27. The molecule has 2 aromatic heterocycles. The van der Waals surface area contributed by atoms with Gasteiger partial charge in [0, 0.05) is 16.8 Å². The third kappa shape index (κ3) is 3.77. The number of benzene rings is 3. The maximum Gasteiger partial charge on any atom is 0.255 e. The van der Waals surface area contributed by atoms with E-state index in [0.717, 1.165) is 28.2 Å². The average molecular weight is 421 g/mol. The number of aromatic nitrogens is 6. The van der Waals surface area contributed by atoms with Crippen LogP contribution in [-0.2, 0) is 0 Å². The fourth-order valence-electron chi connectivity index (χ4n) is 3.48. The van der Waals surface area contributed by atoms with Gasteiger partial charge in [-0.2, -0.15) is 5.10 Å². The maximum absolute atomic E-state index is 13.1. The molecule has 0 spiro atoms. The topological polar surface area (TPSA) is 90.5 Å². The van der Waals surface area contributed by atoms with Crippen LogP contribution >= 0.6 is 0 Å². The number of amides is 1. The molecule has 3 aromatic carbocycles. The van der Waals surface area contributed by atoms with Crippen molar-refractivity contribution in [3.8, 4) is 22.6 Å². The second-order valence-corrected chi connectivity index (χ2v) is 7.25. The van der Waals surface area contributed by atoms with E-state index in [0.29, 0.717) is 11.3 Å². The zero-order chi connectivity index (χ0) is 21.9. The largest absolute Gasteiger partial charge is 0.322 e. The summed E-state index contributed by atoms with van der Waals surface area (Å²) in [4.78, 5) is 13.1. The Morgan fingerprint density at radius 3 is 2.59 bits per heavy atom. The van der Waals surface area contributed by atoms with E-state index in [1.807, 2.05) is 84.4 Å². The van der Waals surface area contributed by atoms with Crippen molar-refractivity contribution in [1.29, 1.82) is 0 Å². The molecule has 0 aliphatic rings. The fraction of sp³-hybridized carbons (Fsp3) is 0.0417. The summed E-state index contributed by atoms with van der Waals surface area (Å²) < 4.78 is 3.37. The summed E-state index contributed by atoms with van der Waals surface area (Å²) in [6, 6.07) is 25.0. The van der Waals surface area contributed by atoms with E-state index in [-0.39, 0.29) is 5.91 Å². The second-order valence-electron chi connectivity index (χ2n) is 7.25. The van der Waals surface area contributed by atoms with Gasteiger partial charge in [-0.1, -0.05) is 42.5 Å². The highest BCUT2D eigenvalue weighted by Gasteiger charge is 2.13. The first kappa shape index (κ1) is 19.4. The lowest BCUT2D eigenvalue weighted by Gasteiger charge is -2.12. The van der Waals surface area contributed by atoms with E-state index in [9.17, 15) is 4.79 Å². The molecule has 0 bridgehead atoms. The molecule has 5 aromatic rings. The summed E-state index contributed by atoms with van der Waals surface area (Å²) in [6.45, 7) is 1.94. The number of hydrogen-bond donors (Lipinski definition) is 1. The third-order valence-electron chi connectivity index (χ3n) is 5.15. The van der Waals surface area contributed by atoms with Crippen LogP contribution in [0, 0.1) is 6.92 Å². The summed E-state index contributed by atoms with van der Waals surface area (Å²) >= 11 is 0. The first-order chi connectivity index (χ1) is 15.7. The number of rotatable bonds is 5. The molecule has 0 aliphatic heterocycles. The lowest BCUT2D eigenvalue weighted by molar-refractivity contribution is 0.102. The Hall–Kier alpha value is -4.59. The van der Waals surface area contributed by atoms with Gasteiger partial charge in [0.25, 0.3) is 5.91 Å². The Labute approximate surface area is 184 Å². The number of aryl methyl sites for hydroxylation is 1. The monoisotopic (exact) mass is 421 g/mol. The highest BCUT2D eigenvalue weighted by Crippen LogP contribution is 2.24. The molecule has 156 valence electrons. The highest BCUT2D eigenvalue weighted by atomic mass is 16.1. The molecule has 1 amide bonds. The number of carbonyl (C=O) groups is 1. The Balaban J connectivity index is 1.43. The molecular formula is C24H19N7O. The number of tetrazole rings is 1. The van der Waals surface area contributed by atoms with E-state index in [2.05, 4.69) is 25.9 Å². The van der Waals surface area contributed by atoms with Crippen molar-refractivity contribution in [3.63, 3.8) is 0 Å². The number of hydrogen-bond acceptors (Lipinski definition) is 5. The van der Waals surface area contributed by atoms with Gasteiger partial charge in [0.05, 0.1) is 23.3 Å². The van der Waals surface area contributed by atoms with Crippen LogP contribution in [-0.4, -0.2) is 35.9 Å². The summed E-state index contributed by atoms with van der Waals surface area (Å²) in [7, 11) is 0. The molecule has 0 saturated carbocycles. The molecule has 0 radical (unpaired) electrons. The maximum atomic E-state index is 13.1. The Morgan fingerprint density at radius 1 is 0.906 bits per heavy atom. The molecule has 0 aliphatic carbocycles. The normalized spacial score (nSPS) is 10.8. The minimum absolute atomic E-state index is 0.211. The predicted molar refractivity (Wildman–Crippen MR) is 121 cm³/mol. The Bertz CT molecular complexity index is 1370. The Morgan fingerprint density at radius 2 is 1.78 bits per heavy atom. The molecular weight excluding hydrogens is 402 g/mol. The van der Waals surface area contributed by atoms with Gasteiger partial charge in [-0.05, 0) is 59.3 Å². The number of nitrogens with one attached hydrogen (secondary N) is 1. The lowest BCUT2D eigenvalue weighted by Crippen LogP contribution is -2.14. The van der Waals surface area contributed by atoms with Crippen LogP contribution in [0.5, 0.6) is 0 Å². The van der Waals surface area contributed by atoms with Crippen molar-refractivity contribution in [2.75, 3.05) is 5.32 Å². The molecule has 32 heavy (non-hydrogen) atoms. The van der Waals surface area contributed by atoms with E-state index < -0.39 is 0 Å². The van der Waals surface area contributed by atoms with Gasteiger partial charge in [0.1, 0.15) is 6.33 Å². The molecule has 0 saturated heterocycles. The van der Waals surface area contributed by atoms with Crippen LogP contribution < -0.4 is 5.32 Å². The third-order valence-corrected chi connectivity index (χ3v) is 5.15. The minimum Gasteiger partial charge on any atom is -0.322 e.